The molecular formula is C55H45NS. The molecule has 9 aromatic rings. The van der Waals surface area contributed by atoms with Gasteiger partial charge in [-0.3, -0.25) is 0 Å². The maximum atomic E-state index is 2.49. The van der Waals surface area contributed by atoms with Gasteiger partial charge in [0, 0.05) is 47.9 Å². The molecule has 0 bridgehead atoms. The van der Waals surface area contributed by atoms with E-state index < -0.39 is 0 Å². The Bertz CT molecular complexity index is 3050. The molecule has 0 atom stereocenters. The van der Waals surface area contributed by atoms with Gasteiger partial charge in [-0.1, -0.05) is 156 Å². The molecule has 2 heteroatoms. The summed E-state index contributed by atoms with van der Waals surface area (Å²) in [6, 6.07) is 65.9. The van der Waals surface area contributed by atoms with E-state index in [1.807, 2.05) is 11.3 Å². The molecule has 276 valence electrons. The molecule has 2 aliphatic rings. The molecule has 0 saturated heterocycles. The lowest BCUT2D eigenvalue weighted by Crippen LogP contribution is -2.16. The van der Waals surface area contributed by atoms with E-state index in [0.29, 0.717) is 0 Å². The summed E-state index contributed by atoms with van der Waals surface area (Å²) in [7, 11) is 0. The number of anilines is 3. The van der Waals surface area contributed by atoms with Crippen LogP contribution in [-0.2, 0) is 10.8 Å². The molecule has 0 aliphatic heterocycles. The fraction of sp³-hybridized carbons (Fsp3) is 0.127. The maximum absolute atomic E-state index is 2.49. The Labute approximate surface area is 340 Å². The molecule has 57 heavy (non-hydrogen) atoms. The molecule has 0 fully saturated rings. The minimum absolute atomic E-state index is 0. The highest BCUT2D eigenvalue weighted by atomic mass is 32.1. The van der Waals surface area contributed by atoms with Crippen molar-refractivity contribution in [1.29, 1.82) is 0 Å². The normalized spacial score (nSPS) is 14.1. The van der Waals surface area contributed by atoms with Gasteiger partial charge in [-0.25, -0.2) is 0 Å². The molecule has 1 aromatic heterocycles. The molecule has 2 aliphatic carbocycles. The van der Waals surface area contributed by atoms with Crippen LogP contribution in [0.1, 0.15) is 57.4 Å². The third-order valence-corrected chi connectivity index (χ3v) is 13.8. The van der Waals surface area contributed by atoms with E-state index >= 15 is 0 Å². The summed E-state index contributed by atoms with van der Waals surface area (Å²) >= 11 is 1.87. The summed E-state index contributed by atoms with van der Waals surface area (Å²) in [5.41, 5.74) is 19.0. The van der Waals surface area contributed by atoms with Crippen molar-refractivity contribution in [3.63, 3.8) is 0 Å². The van der Waals surface area contributed by atoms with Crippen molar-refractivity contribution >= 4 is 48.6 Å². The van der Waals surface area contributed by atoms with Crippen LogP contribution in [0, 0.1) is 0 Å². The Balaban J connectivity index is 0.00000396. The summed E-state index contributed by atoms with van der Waals surface area (Å²) in [6.07, 6.45) is 0. The van der Waals surface area contributed by atoms with Crippen molar-refractivity contribution in [2.75, 3.05) is 4.90 Å². The zero-order valence-corrected chi connectivity index (χ0v) is 32.9. The minimum atomic E-state index is -0.107. The van der Waals surface area contributed by atoms with Crippen molar-refractivity contribution in [2.24, 2.45) is 0 Å². The average molecular weight is 752 g/mol. The lowest BCUT2D eigenvalue weighted by Gasteiger charge is -2.29. The van der Waals surface area contributed by atoms with Crippen LogP contribution in [-0.4, -0.2) is 0 Å². The van der Waals surface area contributed by atoms with E-state index in [0.717, 1.165) is 11.4 Å². The van der Waals surface area contributed by atoms with Gasteiger partial charge in [-0.15, -0.1) is 11.3 Å². The van der Waals surface area contributed by atoms with Crippen LogP contribution >= 0.6 is 11.3 Å². The zero-order valence-electron chi connectivity index (χ0n) is 32.1. The molecule has 0 saturated carbocycles. The van der Waals surface area contributed by atoms with E-state index in [-0.39, 0.29) is 18.3 Å². The number of hydrogen-bond donors (Lipinski definition) is 0. The maximum Gasteiger partial charge on any atom is 0.0543 e. The highest BCUT2D eigenvalue weighted by Gasteiger charge is 2.38. The first-order valence-corrected chi connectivity index (χ1v) is 20.5. The number of fused-ring (bicyclic) bond motifs is 9. The Morgan fingerprint density at radius 2 is 0.912 bits per heavy atom. The minimum Gasteiger partial charge on any atom is -0.310 e. The Morgan fingerprint density at radius 1 is 0.386 bits per heavy atom. The van der Waals surface area contributed by atoms with Crippen LogP contribution in [0.4, 0.5) is 17.1 Å². The second-order valence-corrected chi connectivity index (χ2v) is 17.6. The summed E-state index contributed by atoms with van der Waals surface area (Å²) in [5.74, 6) is 0. The first-order chi connectivity index (χ1) is 27.3. The zero-order chi connectivity index (χ0) is 37.8. The largest absolute Gasteiger partial charge is 0.310 e. The Morgan fingerprint density at radius 3 is 1.67 bits per heavy atom. The molecule has 0 unspecified atom stereocenters. The molecule has 0 amide bonds. The number of hydrogen-bond acceptors (Lipinski definition) is 2. The summed E-state index contributed by atoms with van der Waals surface area (Å²) in [6.45, 7) is 9.43. The molecule has 8 aromatic carbocycles. The van der Waals surface area contributed by atoms with Crippen LogP contribution in [0.25, 0.3) is 64.7 Å². The van der Waals surface area contributed by atoms with Crippen LogP contribution in [0.3, 0.4) is 0 Å². The second-order valence-electron chi connectivity index (χ2n) is 16.5. The SMILES string of the molecule is C.CC1(C)c2ccccc2-c2cc(-c3cccc(N(c4cccc(-c5ccc6sc7ccccc7c6c5)c4)c4cccc5c4-c4ccccc4C5(C)C)c3)ccc21. The van der Waals surface area contributed by atoms with Gasteiger partial charge in [0.05, 0.1) is 5.69 Å². The molecule has 1 nitrogen and oxygen atoms in total. The van der Waals surface area contributed by atoms with Gasteiger partial charge in [0.2, 0.25) is 0 Å². The van der Waals surface area contributed by atoms with Crippen LogP contribution < -0.4 is 4.90 Å². The van der Waals surface area contributed by atoms with Gasteiger partial charge in [0.25, 0.3) is 0 Å². The highest BCUT2D eigenvalue weighted by Crippen LogP contribution is 2.55. The number of thiophene rings is 1. The molecule has 0 N–H and O–H groups in total. The third kappa shape index (κ3) is 5.27. The van der Waals surface area contributed by atoms with Crippen LogP contribution in [0.2, 0.25) is 0 Å². The second kappa shape index (κ2) is 12.9. The van der Waals surface area contributed by atoms with Crippen LogP contribution in [0.15, 0.2) is 176 Å². The van der Waals surface area contributed by atoms with Crippen molar-refractivity contribution in [3.05, 3.63) is 198 Å². The average Bonchev–Trinajstić information content (AvgIpc) is 3.81. The standard InChI is InChI=1S/C54H41NS.CH4/c1-53(2)45-21-8-5-18-40(45)43-32-36(26-28-47(43)53)34-14-11-16-38(30-34)55(49-24-13-23-48-52(49)42-20-6-9-22-46(42)54(48,3)4)39-17-12-15-35(31-39)37-27-29-51-44(33-37)41-19-7-10-25-50(41)56-51;/h5-33H,1-4H3;1H4. The van der Waals surface area contributed by atoms with Gasteiger partial charge in [-0.2, -0.15) is 0 Å². The fourth-order valence-corrected chi connectivity index (χ4v) is 10.9. The van der Waals surface area contributed by atoms with Gasteiger partial charge < -0.3 is 4.90 Å². The smallest absolute Gasteiger partial charge is 0.0543 e. The van der Waals surface area contributed by atoms with Crippen molar-refractivity contribution < 1.29 is 0 Å². The quantitative estimate of drug-likeness (QED) is 0.169. The monoisotopic (exact) mass is 751 g/mol. The lowest BCUT2D eigenvalue weighted by atomic mass is 9.82. The third-order valence-electron chi connectivity index (χ3n) is 12.7. The summed E-state index contributed by atoms with van der Waals surface area (Å²) < 4.78 is 2.65. The number of benzene rings is 8. The predicted molar refractivity (Wildman–Crippen MR) is 247 cm³/mol. The summed E-state index contributed by atoms with van der Waals surface area (Å²) in [4.78, 5) is 2.49. The first-order valence-electron chi connectivity index (χ1n) is 19.7. The van der Waals surface area contributed by atoms with E-state index in [9.17, 15) is 0 Å². The van der Waals surface area contributed by atoms with Gasteiger partial charge in [0.15, 0.2) is 0 Å². The van der Waals surface area contributed by atoms with Crippen LogP contribution in [0.5, 0.6) is 0 Å². The topological polar surface area (TPSA) is 3.24 Å². The van der Waals surface area contributed by atoms with Gasteiger partial charge >= 0.3 is 0 Å². The number of nitrogens with zero attached hydrogens (tertiary/aromatic N) is 1. The molecule has 1 heterocycles. The molecule has 11 rings (SSSR count). The van der Waals surface area contributed by atoms with Crippen molar-refractivity contribution in [3.8, 4) is 44.5 Å². The lowest BCUT2D eigenvalue weighted by molar-refractivity contribution is 0.660. The Kier molecular flexibility index (Phi) is 7.98. The van der Waals surface area contributed by atoms with E-state index in [1.54, 1.807) is 0 Å². The number of rotatable bonds is 5. The van der Waals surface area contributed by atoms with E-state index in [2.05, 4.69) is 209 Å². The molecule has 0 radical (unpaired) electrons. The van der Waals surface area contributed by atoms with Gasteiger partial charge in [-0.05, 0) is 116 Å². The first kappa shape index (κ1) is 35.2. The van der Waals surface area contributed by atoms with Gasteiger partial charge in [0.1, 0.15) is 0 Å². The summed E-state index contributed by atoms with van der Waals surface area (Å²) in [5, 5.41) is 2.64. The predicted octanol–water partition coefficient (Wildman–Crippen LogP) is 16.1. The van der Waals surface area contributed by atoms with Crippen molar-refractivity contribution in [2.45, 2.75) is 46.0 Å². The highest BCUT2D eigenvalue weighted by molar-refractivity contribution is 7.25. The Hall–Kier alpha value is -6.22. The van der Waals surface area contributed by atoms with Crippen molar-refractivity contribution in [1.82, 2.24) is 0 Å². The molecule has 0 spiro atoms. The fourth-order valence-electron chi connectivity index (χ4n) is 9.80. The molecular weight excluding hydrogens is 707 g/mol. The van der Waals surface area contributed by atoms with E-state index in [4.69, 9.17) is 0 Å². The van der Waals surface area contributed by atoms with E-state index in [1.165, 1.54) is 92.6 Å².